The van der Waals surface area contributed by atoms with Gasteiger partial charge in [0, 0.05) is 17.7 Å². The van der Waals surface area contributed by atoms with E-state index >= 15 is 0 Å². The summed E-state index contributed by atoms with van der Waals surface area (Å²) in [6.45, 7) is 0. The van der Waals surface area contributed by atoms with Gasteiger partial charge in [0.15, 0.2) is 9.84 Å². The quantitative estimate of drug-likeness (QED) is 0.900. The molecule has 3 rings (SSSR count). The summed E-state index contributed by atoms with van der Waals surface area (Å²) in [7, 11) is -3.00. The Morgan fingerprint density at radius 3 is 3.00 bits per heavy atom. The largest absolute Gasteiger partial charge is 0.379 e. The van der Waals surface area contributed by atoms with E-state index in [0.29, 0.717) is 0 Å². The van der Waals surface area contributed by atoms with Gasteiger partial charge in [-0.05, 0) is 25.3 Å². The minimum atomic E-state index is -3.00. The van der Waals surface area contributed by atoms with Crippen LogP contribution in [0.4, 0.5) is 5.69 Å². The van der Waals surface area contributed by atoms with Gasteiger partial charge in [0.1, 0.15) is 0 Å². The summed E-state index contributed by atoms with van der Waals surface area (Å²) in [4.78, 5) is 0. The molecular weight excluding hydrogens is 262 g/mol. The zero-order valence-electron chi connectivity index (χ0n) is 10.8. The van der Waals surface area contributed by atoms with Gasteiger partial charge < -0.3 is 5.32 Å². The van der Waals surface area contributed by atoms with Crippen LogP contribution in [-0.4, -0.2) is 36.2 Å². The Labute approximate surface area is 112 Å². The van der Waals surface area contributed by atoms with Crippen LogP contribution in [-0.2, 0) is 9.84 Å². The van der Waals surface area contributed by atoms with E-state index < -0.39 is 9.84 Å². The van der Waals surface area contributed by atoms with E-state index in [4.69, 9.17) is 0 Å². The third kappa shape index (κ3) is 2.32. The lowest BCUT2D eigenvalue weighted by atomic mass is 10.2. The summed E-state index contributed by atoms with van der Waals surface area (Å²) in [5, 5.41) is 11.1. The number of aromatic amines is 1. The Bertz CT molecular complexity index is 693. The molecule has 1 aromatic heterocycles. The Kier molecular flexibility index (Phi) is 2.97. The van der Waals surface area contributed by atoms with Gasteiger partial charge in [-0.25, -0.2) is 8.42 Å². The van der Waals surface area contributed by atoms with Crippen LogP contribution >= 0.6 is 0 Å². The molecule has 102 valence electrons. The lowest BCUT2D eigenvalue weighted by Crippen LogP contribution is -2.34. The van der Waals surface area contributed by atoms with Crippen LogP contribution in [0.1, 0.15) is 19.3 Å². The fourth-order valence-corrected chi connectivity index (χ4v) is 4.29. The van der Waals surface area contributed by atoms with E-state index in [-0.39, 0.29) is 11.3 Å². The van der Waals surface area contributed by atoms with Crippen LogP contribution in [0.3, 0.4) is 0 Å². The molecular formula is C13H17N3O2S. The van der Waals surface area contributed by atoms with Crippen LogP contribution in [0.5, 0.6) is 0 Å². The van der Waals surface area contributed by atoms with E-state index in [1.165, 1.54) is 6.26 Å². The molecule has 1 fully saturated rings. The smallest absolute Gasteiger partial charge is 0.152 e. The highest BCUT2D eigenvalue weighted by atomic mass is 32.2. The van der Waals surface area contributed by atoms with E-state index in [1.54, 1.807) is 6.20 Å². The summed E-state index contributed by atoms with van der Waals surface area (Å²) >= 11 is 0. The minimum absolute atomic E-state index is 0.0103. The van der Waals surface area contributed by atoms with Crippen molar-refractivity contribution in [2.45, 2.75) is 30.6 Å². The maximum absolute atomic E-state index is 11.8. The highest BCUT2D eigenvalue weighted by molar-refractivity contribution is 7.91. The second-order valence-corrected chi connectivity index (χ2v) is 7.45. The predicted octanol–water partition coefficient (Wildman–Crippen LogP) is 1.94. The highest BCUT2D eigenvalue weighted by Gasteiger charge is 2.34. The standard InChI is InChI=1S/C13H17N3O2S/c1-19(17,18)12-7-3-5-10(12)15-11-6-2-4-9-8-14-16-13(9)11/h2,4,6,8,10,12,15H,3,5,7H2,1H3,(H,14,16). The molecule has 0 aliphatic heterocycles. The van der Waals surface area contributed by atoms with Crippen molar-refractivity contribution in [2.75, 3.05) is 11.6 Å². The Morgan fingerprint density at radius 2 is 2.21 bits per heavy atom. The first-order valence-electron chi connectivity index (χ1n) is 6.43. The van der Waals surface area contributed by atoms with Crippen molar-refractivity contribution >= 4 is 26.4 Å². The molecule has 0 radical (unpaired) electrons. The first kappa shape index (κ1) is 12.5. The number of aromatic nitrogens is 2. The molecule has 6 heteroatoms. The van der Waals surface area contributed by atoms with Gasteiger partial charge in [-0.15, -0.1) is 0 Å². The number of anilines is 1. The number of nitrogens with one attached hydrogen (secondary N) is 2. The normalized spacial score (nSPS) is 23.8. The number of para-hydroxylation sites is 1. The zero-order valence-corrected chi connectivity index (χ0v) is 11.6. The number of sulfone groups is 1. The van der Waals surface area contributed by atoms with E-state index in [1.807, 2.05) is 18.2 Å². The number of hydrogen-bond acceptors (Lipinski definition) is 4. The molecule has 2 N–H and O–H groups in total. The van der Waals surface area contributed by atoms with E-state index in [0.717, 1.165) is 35.9 Å². The third-order valence-corrected chi connectivity index (χ3v) is 5.48. The summed E-state index contributed by atoms with van der Waals surface area (Å²) in [6, 6.07) is 5.87. The van der Waals surface area contributed by atoms with Crippen LogP contribution in [0, 0.1) is 0 Å². The Hall–Kier alpha value is -1.56. The van der Waals surface area contributed by atoms with Crippen molar-refractivity contribution in [1.82, 2.24) is 10.2 Å². The second kappa shape index (κ2) is 4.52. The van der Waals surface area contributed by atoms with Gasteiger partial charge in [-0.2, -0.15) is 5.10 Å². The molecule has 2 aromatic rings. The second-order valence-electron chi connectivity index (χ2n) is 5.19. The number of nitrogens with zero attached hydrogens (tertiary/aromatic N) is 1. The van der Waals surface area contributed by atoms with Crippen LogP contribution in [0.25, 0.3) is 10.9 Å². The molecule has 0 spiro atoms. The average Bonchev–Trinajstić information content (AvgIpc) is 2.95. The molecule has 19 heavy (non-hydrogen) atoms. The Morgan fingerprint density at radius 1 is 1.37 bits per heavy atom. The maximum Gasteiger partial charge on any atom is 0.152 e. The molecule has 5 nitrogen and oxygen atoms in total. The molecule has 1 aliphatic carbocycles. The topological polar surface area (TPSA) is 74.8 Å². The van der Waals surface area contributed by atoms with Gasteiger partial charge in [-0.3, -0.25) is 5.10 Å². The SMILES string of the molecule is CS(=O)(=O)C1CCCC1Nc1cccc2cn[nH]c12. The summed E-state index contributed by atoms with van der Waals surface area (Å²) in [6.07, 6.45) is 5.68. The molecule has 0 saturated heterocycles. The lowest BCUT2D eigenvalue weighted by molar-refractivity contribution is 0.579. The molecule has 1 saturated carbocycles. The van der Waals surface area contributed by atoms with Crippen molar-refractivity contribution in [3.8, 4) is 0 Å². The molecule has 1 aromatic carbocycles. The number of fused-ring (bicyclic) bond motifs is 1. The van der Waals surface area contributed by atoms with Crippen molar-refractivity contribution in [3.63, 3.8) is 0 Å². The fraction of sp³-hybridized carbons (Fsp3) is 0.462. The van der Waals surface area contributed by atoms with Gasteiger partial charge in [0.25, 0.3) is 0 Å². The number of rotatable bonds is 3. The van der Waals surface area contributed by atoms with E-state index in [2.05, 4.69) is 15.5 Å². The van der Waals surface area contributed by atoms with Crippen molar-refractivity contribution in [1.29, 1.82) is 0 Å². The third-order valence-electron chi connectivity index (χ3n) is 3.82. The van der Waals surface area contributed by atoms with Gasteiger partial charge in [-0.1, -0.05) is 12.1 Å². The fourth-order valence-electron chi connectivity index (χ4n) is 2.89. The highest BCUT2D eigenvalue weighted by Crippen LogP contribution is 2.30. The van der Waals surface area contributed by atoms with Gasteiger partial charge >= 0.3 is 0 Å². The lowest BCUT2D eigenvalue weighted by Gasteiger charge is -2.21. The van der Waals surface area contributed by atoms with Crippen molar-refractivity contribution < 1.29 is 8.42 Å². The molecule has 0 amide bonds. The van der Waals surface area contributed by atoms with E-state index in [9.17, 15) is 8.42 Å². The van der Waals surface area contributed by atoms with Crippen molar-refractivity contribution in [2.24, 2.45) is 0 Å². The minimum Gasteiger partial charge on any atom is -0.379 e. The first-order valence-corrected chi connectivity index (χ1v) is 8.38. The monoisotopic (exact) mass is 279 g/mol. The summed E-state index contributed by atoms with van der Waals surface area (Å²) in [5.41, 5.74) is 1.86. The number of hydrogen-bond donors (Lipinski definition) is 2. The molecule has 1 heterocycles. The average molecular weight is 279 g/mol. The Balaban J connectivity index is 1.91. The summed E-state index contributed by atoms with van der Waals surface area (Å²) in [5.74, 6) is 0. The zero-order chi connectivity index (χ0) is 13.5. The molecule has 2 unspecified atom stereocenters. The predicted molar refractivity (Wildman–Crippen MR) is 76.0 cm³/mol. The van der Waals surface area contributed by atoms with Crippen LogP contribution in [0.15, 0.2) is 24.4 Å². The molecule has 2 atom stereocenters. The van der Waals surface area contributed by atoms with Crippen LogP contribution in [0.2, 0.25) is 0 Å². The van der Waals surface area contributed by atoms with Crippen LogP contribution < -0.4 is 5.32 Å². The maximum atomic E-state index is 11.8. The number of H-pyrrole nitrogens is 1. The summed E-state index contributed by atoms with van der Waals surface area (Å²) < 4.78 is 23.6. The molecule has 1 aliphatic rings. The van der Waals surface area contributed by atoms with Crippen molar-refractivity contribution in [3.05, 3.63) is 24.4 Å². The van der Waals surface area contributed by atoms with Gasteiger partial charge in [0.05, 0.1) is 22.7 Å². The first-order chi connectivity index (χ1) is 9.05. The number of benzene rings is 1. The molecule has 0 bridgehead atoms. The van der Waals surface area contributed by atoms with Gasteiger partial charge in [0.2, 0.25) is 0 Å².